The number of nitrogens with two attached hydrogens (primary N) is 1. The molecule has 4 N–H and O–H groups in total. The summed E-state index contributed by atoms with van der Waals surface area (Å²) in [5.74, 6) is 0.710. The molecule has 4 atom stereocenters. The number of ether oxygens (including phenoxy) is 3. The van der Waals surface area contributed by atoms with E-state index in [2.05, 4.69) is 6.92 Å². The van der Waals surface area contributed by atoms with E-state index in [-0.39, 0.29) is 18.6 Å². The van der Waals surface area contributed by atoms with E-state index in [1.54, 1.807) is 0 Å². The highest BCUT2D eigenvalue weighted by Crippen LogP contribution is 2.38. The van der Waals surface area contributed by atoms with E-state index in [1.807, 2.05) is 54.6 Å². The normalized spacial score (nSPS) is 23.2. The molecule has 0 bridgehead atoms. The molecule has 1 aliphatic heterocycles. The Bertz CT molecular complexity index is 981. The molecule has 4 rings (SSSR count). The zero-order valence-electron chi connectivity index (χ0n) is 20.9. The molecule has 0 radical (unpaired) electrons. The van der Waals surface area contributed by atoms with Gasteiger partial charge in [-0.15, -0.1) is 0 Å². The topological polar surface area (TPSA) is 114 Å². The van der Waals surface area contributed by atoms with Crippen molar-refractivity contribution in [2.45, 2.75) is 70.1 Å². The Hall–Kier alpha value is -2.65. The largest absolute Gasteiger partial charge is 0.489 e. The van der Waals surface area contributed by atoms with Gasteiger partial charge in [0.2, 0.25) is 0 Å². The number of carbonyl (C=O) groups is 1. The highest BCUT2D eigenvalue weighted by Gasteiger charge is 2.40. The average molecular weight is 499 g/mol. The molecule has 8 heteroatoms. The Kier molecular flexibility index (Phi) is 8.85. The summed E-state index contributed by atoms with van der Waals surface area (Å²) in [7, 11) is 0. The second kappa shape index (κ2) is 12.1. The van der Waals surface area contributed by atoms with Crippen LogP contribution in [0.25, 0.3) is 0 Å². The van der Waals surface area contributed by atoms with Crippen LogP contribution < -0.4 is 10.5 Å². The maximum absolute atomic E-state index is 12.0. The van der Waals surface area contributed by atoms with E-state index >= 15 is 0 Å². The number of nitrogens with zero attached hydrogens (tertiary/aromatic N) is 1. The summed E-state index contributed by atoms with van der Waals surface area (Å²) in [6.07, 6.45) is 2.12. The first kappa shape index (κ1) is 26.4. The van der Waals surface area contributed by atoms with Crippen LogP contribution in [-0.4, -0.2) is 65.4 Å². The fourth-order valence-electron chi connectivity index (χ4n) is 5.10. The van der Waals surface area contributed by atoms with Crippen LogP contribution in [-0.2, 0) is 22.5 Å². The van der Waals surface area contributed by atoms with Crippen molar-refractivity contribution >= 4 is 6.09 Å². The zero-order chi connectivity index (χ0) is 25.5. The lowest BCUT2D eigenvalue weighted by atomic mass is 9.90. The maximum Gasteiger partial charge on any atom is 0.407 e. The van der Waals surface area contributed by atoms with Gasteiger partial charge in [0, 0.05) is 6.04 Å². The summed E-state index contributed by atoms with van der Waals surface area (Å²) >= 11 is 0. The van der Waals surface area contributed by atoms with Crippen molar-refractivity contribution < 1.29 is 29.2 Å². The van der Waals surface area contributed by atoms with Crippen molar-refractivity contribution in [1.82, 2.24) is 4.90 Å². The average Bonchev–Trinajstić information content (AvgIpc) is 3.33. The van der Waals surface area contributed by atoms with Gasteiger partial charge in [0.1, 0.15) is 12.4 Å². The smallest absolute Gasteiger partial charge is 0.407 e. The summed E-state index contributed by atoms with van der Waals surface area (Å²) in [5.41, 5.74) is 8.44. The van der Waals surface area contributed by atoms with Gasteiger partial charge in [-0.2, -0.15) is 0 Å². The van der Waals surface area contributed by atoms with Crippen LogP contribution in [0.4, 0.5) is 4.79 Å². The lowest BCUT2D eigenvalue weighted by molar-refractivity contribution is -0.209. The van der Waals surface area contributed by atoms with Crippen molar-refractivity contribution in [2.75, 3.05) is 19.8 Å². The second-order valence-electron chi connectivity index (χ2n) is 10.4. The number of carboxylic acid groups (broad SMARTS) is 1. The van der Waals surface area contributed by atoms with Crippen LogP contribution in [0.5, 0.6) is 5.75 Å². The predicted molar refractivity (Wildman–Crippen MR) is 136 cm³/mol. The molecule has 1 saturated heterocycles. The van der Waals surface area contributed by atoms with Crippen molar-refractivity contribution in [3.8, 4) is 5.75 Å². The molecular formula is C28H38N2O6. The highest BCUT2D eigenvalue weighted by molar-refractivity contribution is 5.65. The number of hydrogen-bond donors (Lipinski definition) is 3. The van der Waals surface area contributed by atoms with E-state index < -0.39 is 30.6 Å². The molecule has 1 amide bonds. The quantitative estimate of drug-likeness (QED) is 0.456. The van der Waals surface area contributed by atoms with Gasteiger partial charge in [0.05, 0.1) is 31.9 Å². The minimum absolute atomic E-state index is 0.0305. The van der Waals surface area contributed by atoms with E-state index in [1.165, 1.54) is 17.7 Å². The Labute approximate surface area is 213 Å². The first-order valence-electron chi connectivity index (χ1n) is 12.8. The molecule has 1 saturated carbocycles. The molecular weight excluding hydrogens is 460 g/mol. The molecule has 2 fully saturated rings. The van der Waals surface area contributed by atoms with Gasteiger partial charge in [-0.1, -0.05) is 62.2 Å². The highest BCUT2D eigenvalue weighted by atomic mass is 16.7. The van der Waals surface area contributed by atoms with Gasteiger partial charge in [-0.05, 0) is 47.9 Å². The number of rotatable bonds is 10. The number of aliphatic hydroxyl groups is 1. The van der Waals surface area contributed by atoms with Gasteiger partial charge < -0.3 is 30.2 Å². The summed E-state index contributed by atoms with van der Waals surface area (Å²) in [5, 5.41) is 20.8. The molecule has 36 heavy (non-hydrogen) atoms. The fraction of sp³-hybridized carbons (Fsp3) is 0.536. The monoisotopic (exact) mass is 498 g/mol. The summed E-state index contributed by atoms with van der Waals surface area (Å²) in [6.45, 7) is 3.27. The summed E-state index contributed by atoms with van der Waals surface area (Å²) in [4.78, 5) is 13.2. The number of benzene rings is 2. The summed E-state index contributed by atoms with van der Waals surface area (Å²) in [6, 6.07) is 16.0. The first-order valence-corrected chi connectivity index (χ1v) is 12.8. The van der Waals surface area contributed by atoms with Crippen LogP contribution in [0.15, 0.2) is 54.6 Å². The SMILES string of the molecule is CC1(CO[C@H]2CN(C(=O)O)[C@@H](C(O)C(N)Cc3cccc(OCc4ccccc4)c3)CO2)CCCC1. The van der Waals surface area contributed by atoms with Gasteiger partial charge >= 0.3 is 6.09 Å². The van der Waals surface area contributed by atoms with Crippen molar-refractivity contribution in [3.05, 3.63) is 65.7 Å². The third kappa shape index (κ3) is 6.97. The van der Waals surface area contributed by atoms with Gasteiger partial charge in [-0.25, -0.2) is 4.79 Å². The summed E-state index contributed by atoms with van der Waals surface area (Å²) < 4.78 is 17.7. The van der Waals surface area contributed by atoms with E-state index in [4.69, 9.17) is 19.9 Å². The Balaban J connectivity index is 1.31. The Morgan fingerprint density at radius 2 is 1.89 bits per heavy atom. The molecule has 8 nitrogen and oxygen atoms in total. The van der Waals surface area contributed by atoms with Crippen molar-refractivity contribution in [1.29, 1.82) is 0 Å². The molecule has 2 unspecified atom stereocenters. The van der Waals surface area contributed by atoms with Crippen LogP contribution in [0, 0.1) is 5.41 Å². The van der Waals surface area contributed by atoms with Crippen LogP contribution in [0.3, 0.4) is 0 Å². The van der Waals surface area contributed by atoms with Gasteiger partial charge in [-0.3, -0.25) is 4.90 Å². The van der Waals surface area contributed by atoms with E-state index in [9.17, 15) is 15.0 Å². The molecule has 2 aromatic carbocycles. The molecule has 1 aliphatic carbocycles. The zero-order valence-corrected chi connectivity index (χ0v) is 20.9. The maximum atomic E-state index is 12.0. The fourth-order valence-corrected chi connectivity index (χ4v) is 5.10. The predicted octanol–water partition coefficient (Wildman–Crippen LogP) is 3.80. The second-order valence-corrected chi connectivity index (χ2v) is 10.4. The van der Waals surface area contributed by atoms with Crippen LogP contribution in [0.2, 0.25) is 0 Å². The molecule has 0 aromatic heterocycles. The number of hydrogen-bond acceptors (Lipinski definition) is 6. The van der Waals surface area contributed by atoms with E-state index in [0.29, 0.717) is 25.4 Å². The third-order valence-corrected chi connectivity index (χ3v) is 7.32. The Morgan fingerprint density at radius 1 is 1.17 bits per heavy atom. The Morgan fingerprint density at radius 3 is 2.61 bits per heavy atom. The van der Waals surface area contributed by atoms with Crippen LogP contribution >= 0.6 is 0 Å². The number of morpholine rings is 1. The molecule has 1 heterocycles. The minimum Gasteiger partial charge on any atom is -0.489 e. The lowest BCUT2D eigenvalue weighted by Crippen LogP contribution is -2.61. The third-order valence-electron chi connectivity index (χ3n) is 7.32. The van der Waals surface area contributed by atoms with E-state index in [0.717, 1.165) is 24.0 Å². The molecule has 0 spiro atoms. The lowest BCUT2D eigenvalue weighted by Gasteiger charge is -2.41. The minimum atomic E-state index is -1.12. The molecule has 196 valence electrons. The van der Waals surface area contributed by atoms with Crippen molar-refractivity contribution in [3.63, 3.8) is 0 Å². The van der Waals surface area contributed by atoms with Gasteiger partial charge in [0.15, 0.2) is 6.29 Å². The molecule has 2 aromatic rings. The van der Waals surface area contributed by atoms with Gasteiger partial charge in [0.25, 0.3) is 0 Å². The van der Waals surface area contributed by atoms with Crippen LogP contribution in [0.1, 0.15) is 43.7 Å². The number of amides is 1. The number of aliphatic hydroxyl groups excluding tert-OH is 1. The first-order chi connectivity index (χ1) is 17.3. The molecule has 2 aliphatic rings. The van der Waals surface area contributed by atoms with Crippen molar-refractivity contribution in [2.24, 2.45) is 11.1 Å². The standard InChI is InChI=1S/C28H38N2O6/c1-28(12-5-6-13-28)19-36-25-16-30(27(32)33)24(18-35-25)26(31)23(29)15-21-10-7-11-22(14-21)34-17-20-8-3-2-4-9-20/h2-4,7-11,14,23-26,31H,5-6,12-13,15-19,29H2,1H3,(H,32,33)/t23?,24-,25+,26?/m1/s1.